The SMILES string of the molecule is COCCOC(=O)CS(=O)C(C)C(=O)O. The summed E-state index contributed by atoms with van der Waals surface area (Å²) in [5, 5.41) is 7.44. The summed E-state index contributed by atoms with van der Waals surface area (Å²) in [6, 6.07) is 0. The second-order valence-corrected chi connectivity index (χ2v) is 4.48. The first-order chi connectivity index (χ1) is 6.99. The molecular formula is C8H14O6S. The van der Waals surface area contributed by atoms with Crippen LogP contribution in [0.1, 0.15) is 6.92 Å². The first kappa shape index (κ1) is 14.1. The van der Waals surface area contributed by atoms with Crippen molar-refractivity contribution in [1.82, 2.24) is 0 Å². The van der Waals surface area contributed by atoms with Gasteiger partial charge in [-0.25, -0.2) is 0 Å². The zero-order chi connectivity index (χ0) is 11.8. The molecule has 0 aliphatic heterocycles. The third-order valence-corrected chi connectivity index (χ3v) is 3.06. The minimum Gasteiger partial charge on any atom is -0.480 e. The fourth-order valence-corrected chi connectivity index (χ4v) is 1.42. The van der Waals surface area contributed by atoms with Crippen molar-refractivity contribution in [2.45, 2.75) is 12.2 Å². The zero-order valence-electron chi connectivity index (χ0n) is 8.60. The van der Waals surface area contributed by atoms with Crippen LogP contribution in [-0.4, -0.2) is 52.6 Å². The fourth-order valence-electron chi connectivity index (χ4n) is 0.634. The molecule has 0 rings (SSSR count). The molecule has 1 N–H and O–H groups in total. The van der Waals surface area contributed by atoms with E-state index >= 15 is 0 Å². The van der Waals surface area contributed by atoms with E-state index in [1.165, 1.54) is 14.0 Å². The Hall–Kier alpha value is -0.950. The van der Waals surface area contributed by atoms with Crippen LogP contribution in [0.5, 0.6) is 0 Å². The van der Waals surface area contributed by atoms with E-state index in [-0.39, 0.29) is 13.2 Å². The molecule has 88 valence electrons. The molecular weight excluding hydrogens is 224 g/mol. The van der Waals surface area contributed by atoms with Crippen molar-refractivity contribution in [1.29, 1.82) is 0 Å². The van der Waals surface area contributed by atoms with Crippen molar-refractivity contribution in [3.8, 4) is 0 Å². The van der Waals surface area contributed by atoms with E-state index < -0.39 is 33.7 Å². The highest BCUT2D eigenvalue weighted by molar-refractivity contribution is 7.87. The lowest BCUT2D eigenvalue weighted by Gasteiger charge is -2.06. The molecule has 0 aromatic heterocycles. The van der Waals surface area contributed by atoms with Gasteiger partial charge >= 0.3 is 11.9 Å². The Morgan fingerprint density at radius 1 is 1.40 bits per heavy atom. The molecule has 7 heteroatoms. The standard InChI is InChI=1S/C8H14O6S/c1-6(8(10)11)15(12)5-7(9)14-4-3-13-2/h6H,3-5H2,1-2H3,(H,10,11). The number of aliphatic carboxylic acids is 1. The molecule has 0 fully saturated rings. The van der Waals surface area contributed by atoms with Gasteiger partial charge in [0.05, 0.1) is 6.61 Å². The van der Waals surface area contributed by atoms with E-state index in [0.717, 1.165) is 0 Å². The maximum Gasteiger partial charge on any atom is 0.318 e. The monoisotopic (exact) mass is 238 g/mol. The lowest BCUT2D eigenvalue weighted by molar-refractivity contribution is -0.141. The highest BCUT2D eigenvalue weighted by Crippen LogP contribution is 1.97. The molecule has 0 aromatic carbocycles. The predicted molar refractivity (Wildman–Crippen MR) is 52.9 cm³/mol. The van der Waals surface area contributed by atoms with E-state index in [1.807, 2.05) is 0 Å². The summed E-state index contributed by atoms with van der Waals surface area (Å²) in [6.07, 6.45) is 0. The number of hydrogen-bond acceptors (Lipinski definition) is 5. The first-order valence-corrected chi connectivity index (χ1v) is 5.61. The van der Waals surface area contributed by atoms with E-state index in [9.17, 15) is 13.8 Å². The van der Waals surface area contributed by atoms with Gasteiger partial charge < -0.3 is 14.6 Å². The number of carbonyl (C=O) groups is 2. The number of hydrogen-bond donors (Lipinski definition) is 1. The topological polar surface area (TPSA) is 89.9 Å². The summed E-state index contributed by atoms with van der Waals surface area (Å²) in [7, 11) is -0.288. The average molecular weight is 238 g/mol. The number of methoxy groups -OCH3 is 1. The number of esters is 1. The maximum absolute atomic E-state index is 11.2. The molecule has 0 amide bonds. The molecule has 2 unspecified atom stereocenters. The van der Waals surface area contributed by atoms with Gasteiger partial charge in [0.1, 0.15) is 17.6 Å². The van der Waals surface area contributed by atoms with Crippen LogP contribution >= 0.6 is 0 Å². The van der Waals surface area contributed by atoms with Crippen molar-refractivity contribution < 1.29 is 28.4 Å². The Bertz CT molecular complexity index is 252. The van der Waals surface area contributed by atoms with Gasteiger partial charge in [-0.2, -0.15) is 0 Å². The Morgan fingerprint density at radius 3 is 2.47 bits per heavy atom. The van der Waals surface area contributed by atoms with Crippen LogP contribution in [-0.2, 0) is 29.9 Å². The normalized spacial score (nSPS) is 14.3. The lowest BCUT2D eigenvalue weighted by Crippen LogP contribution is -2.28. The van der Waals surface area contributed by atoms with Crippen molar-refractivity contribution in [2.24, 2.45) is 0 Å². The minimum absolute atomic E-state index is 0.0774. The van der Waals surface area contributed by atoms with E-state index in [2.05, 4.69) is 9.47 Å². The summed E-state index contributed by atoms with van der Waals surface area (Å²) in [4.78, 5) is 21.4. The number of carbonyl (C=O) groups excluding carboxylic acids is 1. The van der Waals surface area contributed by atoms with E-state index in [0.29, 0.717) is 0 Å². The molecule has 0 bridgehead atoms. The van der Waals surface area contributed by atoms with Gasteiger partial charge in [0.25, 0.3) is 0 Å². The molecule has 0 aromatic rings. The van der Waals surface area contributed by atoms with Crippen LogP contribution < -0.4 is 0 Å². The van der Waals surface area contributed by atoms with Gasteiger partial charge in [0, 0.05) is 17.9 Å². The minimum atomic E-state index is -1.75. The molecule has 0 saturated carbocycles. The molecule has 0 radical (unpaired) electrons. The summed E-state index contributed by atoms with van der Waals surface area (Å²) in [6.45, 7) is 1.61. The zero-order valence-corrected chi connectivity index (χ0v) is 9.41. The summed E-state index contributed by atoms with van der Waals surface area (Å²) < 4.78 is 20.5. The van der Waals surface area contributed by atoms with Crippen LogP contribution in [0.15, 0.2) is 0 Å². The fraction of sp³-hybridized carbons (Fsp3) is 0.750. The highest BCUT2D eigenvalue weighted by Gasteiger charge is 2.21. The summed E-state index contributed by atoms with van der Waals surface area (Å²) in [5.74, 6) is -2.28. The van der Waals surface area contributed by atoms with Crippen molar-refractivity contribution >= 4 is 22.7 Å². The van der Waals surface area contributed by atoms with Gasteiger partial charge in [-0.1, -0.05) is 0 Å². The van der Waals surface area contributed by atoms with Crippen LogP contribution in [0.25, 0.3) is 0 Å². The van der Waals surface area contributed by atoms with Crippen molar-refractivity contribution in [2.75, 3.05) is 26.1 Å². The van der Waals surface area contributed by atoms with Crippen molar-refractivity contribution in [3.63, 3.8) is 0 Å². The quantitative estimate of drug-likeness (QED) is 0.470. The molecule has 0 aliphatic carbocycles. The van der Waals surface area contributed by atoms with Gasteiger partial charge in [0.15, 0.2) is 0 Å². The molecule has 15 heavy (non-hydrogen) atoms. The molecule has 6 nitrogen and oxygen atoms in total. The number of carboxylic acid groups (broad SMARTS) is 1. The molecule has 0 saturated heterocycles. The van der Waals surface area contributed by atoms with Gasteiger partial charge in [-0.15, -0.1) is 0 Å². The smallest absolute Gasteiger partial charge is 0.318 e. The molecule has 2 atom stereocenters. The second kappa shape index (κ2) is 7.36. The second-order valence-electron chi connectivity index (χ2n) is 2.72. The van der Waals surface area contributed by atoms with Crippen LogP contribution in [0, 0.1) is 0 Å². The molecule has 0 spiro atoms. The Kier molecular flexibility index (Phi) is 6.89. The summed E-state index contributed by atoms with van der Waals surface area (Å²) in [5.41, 5.74) is 0. The summed E-state index contributed by atoms with van der Waals surface area (Å²) >= 11 is 0. The lowest BCUT2D eigenvalue weighted by atomic mass is 10.5. The third-order valence-electron chi connectivity index (χ3n) is 1.55. The maximum atomic E-state index is 11.2. The largest absolute Gasteiger partial charge is 0.480 e. The average Bonchev–Trinajstić information content (AvgIpc) is 2.16. The number of ether oxygens (including phenoxy) is 2. The van der Waals surface area contributed by atoms with E-state index in [4.69, 9.17) is 5.11 Å². The Labute approximate surface area is 90.0 Å². The van der Waals surface area contributed by atoms with E-state index in [1.54, 1.807) is 0 Å². The first-order valence-electron chi connectivity index (χ1n) is 4.23. The van der Waals surface area contributed by atoms with Crippen LogP contribution in [0.2, 0.25) is 0 Å². The van der Waals surface area contributed by atoms with Crippen molar-refractivity contribution in [3.05, 3.63) is 0 Å². The van der Waals surface area contributed by atoms with Gasteiger partial charge in [-0.05, 0) is 6.92 Å². The highest BCUT2D eigenvalue weighted by atomic mass is 32.2. The van der Waals surface area contributed by atoms with Gasteiger partial charge in [0.2, 0.25) is 0 Å². The Morgan fingerprint density at radius 2 is 2.00 bits per heavy atom. The van der Waals surface area contributed by atoms with Crippen LogP contribution in [0.4, 0.5) is 0 Å². The third kappa shape index (κ3) is 6.19. The Balaban J connectivity index is 3.86. The number of rotatable bonds is 7. The molecule has 0 aliphatic rings. The van der Waals surface area contributed by atoms with Gasteiger partial charge in [-0.3, -0.25) is 13.8 Å². The number of carboxylic acids is 1. The predicted octanol–water partition coefficient (Wildman–Crippen LogP) is -0.602. The molecule has 0 heterocycles. The van der Waals surface area contributed by atoms with Crippen LogP contribution in [0.3, 0.4) is 0 Å².